The summed E-state index contributed by atoms with van der Waals surface area (Å²) < 4.78 is 1.36. The largest absolute Gasteiger partial charge is 0.313 e. The number of thiophene rings is 1. The molecular weight excluding hydrogens is 341 g/mol. The van der Waals surface area contributed by atoms with Crippen LogP contribution in [0.2, 0.25) is 0 Å². The molecule has 0 radical (unpaired) electrons. The fraction of sp³-hybridized carbons (Fsp3) is 0.286. The van der Waals surface area contributed by atoms with Gasteiger partial charge in [-0.15, -0.1) is 11.3 Å². The lowest BCUT2D eigenvalue weighted by Crippen LogP contribution is -2.16. The second-order valence-corrected chi connectivity index (χ2v) is 6.86. The summed E-state index contributed by atoms with van der Waals surface area (Å²) in [4.78, 5) is 0. The Morgan fingerprint density at radius 3 is 2.65 bits per heavy atom. The molecule has 3 heteroatoms. The summed E-state index contributed by atoms with van der Waals surface area (Å²) in [6.07, 6.45) is 2.27. The first-order chi connectivity index (χ1) is 8.29. The minimum Gasteiger partial charge on any atom is -0.313 e. The fourth-order valence-electron chi connectivity index (χ4n) is 1.94. The fourth-order valence-corrected chi connectivity index (χ4v) is 3.37. The molecule has 90 valence electrons. The maximum atomic E-state index is 3.41. The summed E-state index contributed by atoms with van der Waals surface area (Å²) in [6.45, 7) is 0. The summed E-state index contributed by atoms with van der Waals surface area (Å²) in [5.41, 5.74) is 2.83. The van der Waals surface area contributed by atoms with E-state index >= 15 is 0 Å². The highest BCUT2D eigenvalue weighted by Crippen LogP contribution is 2.25. The van der Waals surface area contributed by atoms with Gasteiger partial charge in [-0.3, -0.25) is 0 Å². The molecule has 2 rings (SSSR count). The van der Waals surface area contributed by atoms with Gasteiger partial charge in [0.2, 0.25) is 0 Å². The Hall–Kier alpha value is -0.390. The maximum Gasteiger partial charge on any atom is 0.0656 e. The van der Waals surface area contributed by atoms with Crippen LogP contribution in [0.4, 0.5) is 0 Å². The van der Waals surface area contributed by atoms with Crippen LogP contribution < -0.4 is 5.32 Å². The number of hydrogen-bond acceptors (Lipinski definition) is 2. The molecule has 17 heavy (non-hydrogen) atoms. The molecule has 1 nitrogen and oxygen atoms in total. The summed E-state index contributed by atoms with van der Waals surface area (Å²) in [7, 11) is 2.04. The second-order valence-electron chi connectivity index (χ2n) is 4.05. The number of halogens is 1. The molecule has 1 heterocycles. The van der Waals surface area contributed by atoms with Crippen molar-refractivity contribution in [2.24, 2.45) is 0 Å². The minimum atomic E-state index is 0.468. The van der Waals surface area contributed by atoms with Crippen molar-refractivity contribution in [1.29, 1.82) is 0 Å². The summed E-state index contributed by atoms with van der Waals surface area (Å²) in [6, 6.07) is 13.4. The molecule has 1 aromatic heterocycles. The van der Waals surface area contributed by atoms with E-state index in [1.54, 1.807) is 0 Å². The Bertz CT molecular complexity index is 452. The maximum absolute atomic E-state index is 3.41. The van der Waals surface area contributed by atoms with E-state index in [0.717, 1.165) is 12.8 Å². The number of aryl methyl sites for hydroxylation is 1. The summed E-state index contributed by atoms with van der Waals surface area (Å²) in [5, 5.41) is 5.66. The van der Waals surface area contributed by atoms with Gasteiger partial charge in [-0.05, 0) is 65.1 Å². The van der Waals surface area contributed by atoms with Crippen LogP contribution in [0.3, 0.4) is 0 Å². The van der Waals surface area contributed by atoms with Crippen LogP contribution in [0.1, 0.15) is 23.6 Å². The lowest BCUT2D eigenvalue weighted by molar-refractivity contribution is 0.551. The van der Waals surface area contributed by atoms with Crippen LogP contribution in [0.5, 0.6) is 0 Å². The first-order valence-corrected chi connectivity index (χ1v) is 7.70. The molecule has 0 aliphatic heterocycles. The van der Waals surface area contributed by atoms with Gasteiger partial charge in [-0.1, -0.05) is 30.3 Å². The third-order valence-corrected chi connectivity index (χ3v) is 4.71. The van der Waals surface area contributed by atoms with Crippen molar-refractivity contribution in [1.82, 2.24) is 5.32 Å². The van der Waals surface area contributed by atoms with Gasteiger partial charge in [0.05, 0.1) is 2.88 Å². The highest BCUT2D eigenvalue weighted by molar-refractivity contribution is 14.1. The number of benzene rings is 1. The third kappa shape index (κ3) is 3.79. The average Bonchev–Trinajstić information content (AvgIpc) is 2.78. The zero-order valence-electron chi connectivity index (χ0n) is 9.82. The van der Waals surface area contributed by atoms with E-state index < -0.39 is 0 Å². The highest BCUT2D eigenvalue weighted by atomic mass is 127. The lowest BCUT2D eigenvalue weighted by Gasteiger charge is -2.14. The van der Waals surface area contributed by atoms with Crippen molar-refractivity contribution in [3.8, 4) is 0 Å². The molecule has 0 aliphatic rings. The van der Waals surface area contributed by atoms with Crippen LogP contribution in [-0.2, 0) is 6.42 Å². The Kier molecular flexibility index (Phi) is 5.00. The van der Waals surface area contributed by atoms with Gasteiger partial charge in [-0.2, -0.15) is 0 Å². The second kappa shape index (κ2) is 6.52. The zero-order valence-corrected chi connectivity index (χ0v) is 12.8. The predicted octanol–water partition coefficient (Wildman–Crippen LogP) is 4.25. The first-order valence-electron chi connectivity index (χ1n) is 5.74. The molecule has 0 amide bonds. The van der Waals surface area contributed by atoms with Gasteiger partial charge in [-0.25, -0.2) is 0 Å². The SMILES string of the molecule is CNC(CCc1ccccc1)c1csc(I)c1. The lowest BCUT2D eigenvalue weighted by atomic mass is 10.0. The molecule has 1 aromatic carbocycles. The number of rotatable bonds is 5. The van der Waals surface area contributed by atoms with E-state index in [4.69, 9.17) is 0 Å². The van der Waals surface area contributed by atoms with Crippen molar-refractivity contribution in [3.05, 3.63) is 55.8 Å². The molecule has 0 aliphatic carbocycles. The molecule has 0 fully saturated rings. The van der Waals surface area contributed by atoms with Gasteiger partial charge >= 0.3 is 0 Å². The van der Waals surface area contributed by atoms with E-state index in [-0.39, 0.29) is 0 Å². The molecule has 0 bridgehead atoms. The molecule has 1 unspecified atom stereocenters. The molecule has 1 N–H and O–H groups in total. The summed E-state index contributed by atoms with van der Waals surface area (Å²) >= 11 is 4.20. The van der Waals surface area contributed by atoms with Crippen molar-refractivity contribution >= 4 is 33.9 Å². The smallest absolute Gasteiger partial charge is 0.0656 e. The van der Waals surface area contributed by atoms with Crippen molar-refractivity contribution in [2.75, 3.05) is 7.05 Å². The Morgan fingerprint density at radius 1 is 1.29 bits per heavy atom. The van der Waals surface area contributed by atoms with Crippen molar-refractivity contribution in [3.63, 3.8) is 0 Å². The number of nitrogens with one attached hydrogen (secondary N) is 1. The monoisotopic (exact) mass is 357 g/mol. The van der Waals surface area contributed by atoms with E-state index in [1.165, 1.54) is 14.0 Å². The minimum absolute atomic E-state index is 0.468. The highest BCUT2D eigenvalue weighted by Gasteiger charge is 2.10. The van der Waals surface area contributed by atoms with E-state index in [1.807, 2.05) is 18.4 Å². The molecular formula is C14H16INS. The molecule has 2 aromatic rings. The van der Waals surface area contributed by atoms with Crippen LogP contribution in [0.25, 0.3) is 0 Å². The predicted molar refractivity (Wildman–Crippen MR) is 83.6 cm³/mol. The quantitative estimate of drug-likeness (QED) is 0.789. The number of hydrogen-bond donors (Lipinski definition) is 1. The molecule has 0 saturated heterocycles. The van der Waals surface area contributed by atoms with Crippen molar-refractivity contribution < 1.29 is 0 Å². The Morgan fingerprint density at radius 2 is 2.06 bits per heavy atom. The Labute approximate surface area is 120 Å². The first kappa shape index (κ1) is 13.1. The van der Waals surface area contributed by atoms with E-state index in [0.29, 0.717) is 6.04 Å². The standard InChI is InChI=1S/C14H16INS/c1-16-13(12-9-14(15)17-10-12)8-7-11-5-3-2-4-6-11/h2-6,9-10,13,16H,7-8H2,1H3. The topological polar surface area (TPSA) is 12.0 Å². The van der Waals surface area contributed by atoms with Crippen molar-refractivity contribution in [2.45, 2.75) is 18.9 Å². The van der Waals surface area contributed by atoms with Crippen LogP contribution in [-0.4, -0.2) is 7.05 Å². The normalized spacial score (nSPS) is 12.6. The van der Waals surface area contributed by atoms with Gasteiger partial charge < -0.3 is 5.32 Å². The van der Waals surface area contributed by atoms with Gasteiger partial charge in [0, 0.05) is 6.04 Å². The summed E-state index contributed by atoms with van der Waals surface area (Å²) in [5.74, 6) is 0. The average molecular weight is 357 g/mol. The van der Waals surface area contributed by atoms with Crippen LogP contribution in [0.15, 0.2) is 41.8 Å². The third-order valence-electron chi connectivity index (χ3n) is 2.90. The Balaban J connectivity index is 1.97. The van der Waals surface area contributed by atoms with Gasteiger partial charge in [0.1, 0.15) is 0 Å². The van der Waals surface area contributed by atoms with E-state index in [9.17, 15) is 0 Å². The van der Waals surface area contributed by atoms with E-state index in [2.05, 4.69) is 69.7 Å². The molecule has 0 saturated carbocycles. The van der Waals surface area contributed by atoms with Crippen LogP contribution >= 0.6 is 33.9 Å². The van der Waals surface area contributed by atoms with Gasteiger partial charge in [0.25, 0.3) is 0 Å². The molecule has 0 spiro atoms. The van der Waals surface area contributed by atoms with Gasteiger partial charge in [0.15, 0.2) is 0 Å². The van der Waals surface area contributed by atoms with Crippen LogP contribution in [0, 0.1) is 2.88 Å². The molecule has 1 atom stereocenters. The zero-order chi connectivity index (χ0) is 12.1.